The summed E-state index contributed by atoms with van der Waals surface area (Å²) in [6, 6.07) is 9.09. The number of hydrogen-bond acceptors (Lipinski definition) is 3. The van der Waals surface area contributed by atoms with E-state index in [1.54, 1.807) is 35.6 Å². The SMILES string of the molecule is CC[C@@H]1CCc2c(sc(NC(=O)c3cccc(Cl)c3)c2C#N)C1. The summed E-state index contributed by atoms with van der Waals surface area (Å²) in [6.45, 7) is 2.20. The van der Waals surface area contributed by atoms with E-state index in [1.165, 1.54) is 4.88 Å². The van der Waals surface area contributed by atoms with Crippen LogP contribution >= 0.6 is 22.9 Å². The Morgan fingerprint density at radius 1 is 1.52 bits per heavy atom. The fraction of sp³-hybridized carbons (Fsp3) is 0.333. The number of nitrogens with zero attached hydrogens (tertiary/aromatic N) is 1. The third-order valence-electron chi connectivity index (χ3n) is 4.37. The molecule has 0 saturated carbocycles. The molecule has 0 fully saturated rings. The minimum absolute atomic E-state index is 0.227. The first-order valence-electron chi connectivity index (χ1n) is 7.74. The molecule has 0 saturated heterocycles. The molecule has 1 N–H and O–H groups in total. The Hall–Kier alpha value is -1.83. The van der Waals surface area contributed by atoms with Crippen LogP contribution in [0, 0.1) is 17.2 Å². The minimum atomic E-state index is -0.227. The lowest BCUT2D eigenvalue weighted by Gasteiger charge is -2.20. The first kappa shape index (κ1) is 16.0. The van der Waals surface area contributed by atoms with Crippen LogP contribution in [0.15, 0.2) is 24.3 Å². The molecule has 0 spiro atoms. The summed E-state index contributed by atoms with van der Waals surface area (Å²) in [5, 5.41) is 13.6. The molecule has 1 aliphatic carbocycles. The lowest BCUT2D eigenvalue weighted by atomic mass is 9.86. The van der Waals surface area contributed by atoms with Gasteiger partial charge in [-0.3, -0.25) is 4.79 Å². The molecule has 0 aliphatic heterocycles. The van der Waals surface area contributed by atoms with Crippen molar-refractivity contribution in [3.05, 3.63) is 50.9 Å². The lowest BCUT2D eigenvalue weighted by Crippen LogP contribution is -2.12. The van der Waals surface area contributed by atoms with Crippen molar-refractivity contribution in [1.82, 2.24) is 0 Å². The average molecular weight is 345 g/mol. The normalized spacial score (nSPS) is 16.5. The van der Waals surface area contributed by atoms with Gasteiger partial charge in [-0.2, -0.15) is 5.26 Å². The predicted molar refractivity (Wildman–Crippen MR) is 94.2 cm³/mol. The van der Waals surface area contributed by atoms with Crippen LogP contribution in [0.3, 0.4) is 0 Å². The summed E-state index contributed by atoms with van der Waals surface area (Å²) in [6.07, 6.45) is 4.22. The summed E-state index contributed by atoms with van der Waals surface area (Å²) in [4.78, 5) is 13.6. The third-order valence-corrected chi connectivity index (χ3v) is 5.78. The first-order chi connectivity index (χ1) is 11.1. The van der Waals surface area contributed by atoms with E-state index in [0.29, 0.717) is 27.1 Å². The summed E-state index contributed by atoms with van der Waals surface area (Å²) >= 11 is 7.48. The number of rotatable bonds is 3. The molecule has 2 aromatic rings. The molecule has 0 bridgehead atoms. The highest BCUT2D eigenvalue weighted by Crippen LogP contribution is 2.40. The molecule has 1 aliphatic rings. The number of anilines is 1. The molecule has 1 aromatic heterocycles. The standard InChI is InChI=1S/C18H17ClN2OS/c1-2-11-6-7-14-15(10-20)18(23-16(14)8-11)21-17(22)12-4-3-5-13(19)9-12/h3-5,9,11H,2,6-8H2,1H3,(H,21,22)/t11-/m1/s1. The average Bonchev–Trinajstić information content (AvgIpc) is 2.90. The molecular formula is C18H17ClN2OS. The molecule has 3 nitrogen and oxygen atoms in total. The van der Waals surface area contributed by atoms with Gasteiger partial charge >= 0.3 is 0 Å². The van der Waals surface area contributed by atoms with Crippen LogP contribution in [0.25, 0.3) is 0 Å². The Bertz CT molecular complexity index is 791. The van der Waals surface area contributed by atoms with Crippen molar-refractivity contribution in [3.63, 3.8) is 0 Å². The van der Waals surface area contributed by atoms with Gasteiger partial charge in [-0.25, -0.2) is 0 Å². The lowest BCUT2D eigenvalue weighted by molar-refractivity contribution is 0.102. The van der Waals surface area contributed by atoms with E-state index in [4.69, 9.17) is 11.6 Å². The Morgan fingerprint density at radius 3 is 3.04 bits per heavy atom. The highest BCUT2D eigenvalue weighted by molar-refractivity contribution is 7.16. The number of carbonyl (C=O) groups excluding carboxylic acids is 1. The Kier molecular flexibility index (Phi) is 4.70. The van der Waals surface area contributed by atoms with Crippen LogP contribution < -0.4 is 5.32 Å². The van der Waals surface area contributed by atoms with E-state index in [1.807, 2.05) is 0 Å². The molecule has 1 heterocycles. The number of amides is 1. The number of nitrogens with one attached hydrogen (secondary N) is 1. The third kappa shape index (κ3) is 3.26. The summed E-state index contributed by atoms with van der Waals surface area (Å²) in [5.74, 6) is 0.457. The van der Waals surface area contributed by atoms with E-state index in [2.05, 4.69) is 18.3 Å². The zero-order valence-electron chi connectivity index (χ0n) is 12.9. The Labute approximate surface area is 144 Å². The molecular weight excluding hydrogens is 328 g/mol. The summed E-state index contributed by atoms with van der Waals surface area (Å²) in [5.41, 5.74) is 2.26. The van der Waals surface area contributed by atoms with E-state index in [9.17, 15) is 10.1 Å². The van der Waals surface area contributed by atoms with Gasteiger partial charge in [-0.15, -0.1) is 11.3 Å². The van der Waals surface area contributed by atoms with Gasteiger partial charge in [0, 0.05) is 15.5 Å². The molecule has 0 unspecified atom stereocenters. The number of carbonyl (C=O) groups is 1. The summed E-state index contributed by atoms with van der Waals surface area (Å²) < 4.78 is 0. The predicted octanol–water partition coefficient (Wildman–Crippen LogP) is 5.04. The van der Waals surface area contributed by atoms with Gasteiger partial charge < -0.3 is 5.32 Å². The van der Waals surface area contributed by atoms with Crippen LogP contribution in [0.1, 0.15) is 46.1 Å². The molecule has 1 atom stereocenters. The van der Waals surface area contributed by atoms with Crippen molar-refractivity contribution in [2.75, 3.05) is 5.32 Å². The van der Waals surface area contributed by atoms with Gasteiger partial charge in [0.25, 0.3) is 5.91 Å². The molecule has 5 heteroatoms. The fourth-order valence-electron chi connectivity index (χ4n) is 3.01. The second-order valence-electron chi connectivity index (χ2n) is 5.80. The fourth-order valence-corrected chi connectivity index (χ4v) is 4.51. The highest BCUT2D eigenvalue weighted by atomic mass is 35.5. The number of hydrogen-bond donors (Lipinski definition) is 1. The quantitative estimate of drug-likeness (QED) is 0.847. The van der Waals surface area contributed by atoms with Crippen LogP contribution in [-0.4, -0.2) is 5.91 Å². The van der Waals surface area contributed by atoms with Crippen LogP contribution in [-0.2, 0) is 12.8 Å². The van der Waals surface area contributed by atoms with Crippen molar-refractivity contribution in [2.24, 2.45) is 5.92 Å². The molecule has 0 radical (unpaired) electrons. The van der Waals surface area contributed by atoms with E-state index >= 15 is 0 Å². The Balaban J connectivity index is 1.88. The van der Waals surface area contributed by atoms with E-state index in [-0.39, 0.29) is 5.91 Å². The maximum Gasteiger partial charge on any atom is 0.256 e. The topological polar surface area (TPSA) is 52.9 Å². The van der Waals surface area contributed by atoms with E-state index in [0.717, 1.165) is 31.2 Å². The maximum atomic E-state index is 12.4. The number of fused-ring (bicyclic) bond motifs is 1. The van der Waals surface area contributed by atoms with Crippen molar-refractivity contribution < 1.29 is 4.79 Å². The minimum Gasteiger partial charge on any atom is -0.312 e. The smallest absolute Gasteiger partial charge is 0.256 e. The zero-order chi connectivity index (χ0) is 16.4. The Morgan fingerprint density at radius 2 is 2.35 bits per heavy atom. The van der Waals surface area contributed by atoms with Crippen LogP contribution in [0.4, 0.5) is 5.00 Å². The van der Waals surface area contributed by atoms with Gasteiger partial charge in [-0.05, 0) is 48.9 Å². The molecule has 1 aromatic carbocycles. The van der Waals surface area contributed by atoms with Crippen molar-refractivity contribution >= 4 is 33.8 Å². The molecule has 118 valence electrons. The second kappa shape index (κ2) is 6.74. The van der Waals surface area contributed by atoms with Crippen LogP contribution in [0.5, 0.6) is 0 Å². The van der Waals surface area contributed by atoms with Gasteiger partial charge in [0.2, 0.25) is 0 Å². The first-order valence-corrected chi connectivity index (χ1v) is 8.93. The molecule has 3 rings (SSSR count). The van der Waals surface area contributed by atoms with Gasteiger partial charge in [0.1, 0.15) is 11.1 Å². The van der Waals surface area contributed by atoms with E-state index < -0.39 is 0 Å². The van der Waals surface area contributed by atoms with Gasteiger partial charge in [0.05, 0.1) is 5.56 Å². The highest BCUT2D eigenvalue weighted by Gasteiger charge is 2.25. The monoisotopic (exact) mass is 344 g/mol. The van der Waals surface area contributed by atoms with Gasteiger partial charge in [0.15, 0.2) is 0 Å². The van der Waals surface area contributed by atoms with Crippen LogP contribution in [0.2, 0.25) is 5.02 Å². The molecule has 23 heavy (non-hydrogen) atoms. The van der Waals surface area contributed by atoms with Crippen molar-refractivity contribution in [3.8, 4) is 6.07 Å². The number of benzene rings is 1. The largest absolute Gasteiger partial charge is 0.312 e. The van der Waals surface area contributed by atoms with Crippen molar-refractivity contribution in [1.29, 1.82) is 5.26 Å². The van der Waals surface area contributed by atoms with Crippen molar-refractivity contribution in [2.45, 2.75) is 32.6 Å². The second-order valence-corrected chi connectivity index (χ2v) is 7.34. The zero-order valence-corrected chi connectivity index (χ0v) is 14.4. The number of halogens is 1. The number of thiophene rings is 1. The number of nitriles is 1. The summed E-state index contributed by atoms with van der Waals surface area (Å²) in [7, 11) is 0. The van der Waals surface area contributed by atoms with Gasteiger partial charge in [-0.1, -0.05) is 31.0 Å². The maximum absolute atomic E-state index is 12.4. The molecule has 1 amide bonds.